The van der Waals surface area contributed by atoms with Crippen LogP contribution < -0.4 is 0 Å². The lowest BCUT2D eigenvalue weighted by Gasteiger charge is -2.26. The van der Waals surface area contributed by atoms with Gasteiger partial charge in [-0.3, -0.25) is 19.8 Å². The fraction of sp³-hybridized carbons (Fsp3) is 0.278. The Labute approximate surface area is 149 Å². The molecule has 1 aliphatic rings. The Morgan fingerprint density at radius 3 is 2.84 bits per heavy atom. The zero-order valence-electron chi connectivity index (χ0n) is 13.5. The number of pyridine rings is 1. The Bertz CT molecular complexity index is 901. The van der Waals surface area contributed by atoms with Gasteiger partial charge in [0.15, 0.2) is 6.29 Å². The summed E-state index contributed by atoms with van der Waals surface area (Å²) >= 11 is 6.39. The molecule has 0 radical (unpaired) electrons. The van der Waals surface area contributed by atoms with Gasteiger partial charge in [0.05, 0.1) is 29.4 Å². The second-order valence-electron chi connectivity index (χ2n) is 6.03. The number of halogens is 1. The summed E-state index contributed by atoms with van der Waals surface area (Å²) in [6.45, 7) is 4.23. The number of hydrogen-bond donors (Lipinski definition) is 1. The fourth-order valence-electron chi connectivity index (χ4n) is 3.03. The molecule has 2 aromatic heterocycles. The Morgan fingerprint density at radius 2 is 2.12 bits per heavy atom. The molecule has 0 unspecified atom stereocenters. The Morgan fingerprint density at radius 1 is 1.28 bits per heavy atom. The summed E-state index contributed by atoms with van der Waals surface area (Å²) in [4.78, 5) is 18.0. The lowest BCUT2D eigenvalue weighted by Crippen LogP contribution is -2.35. The van der Waals surface area contributed by atoms with E-state index in [9.17, 15) is 4.79 Å². The summed E-state index contributed by atoms with van der Waals surface area (Å²) in [5.74, 6) is 0. The van der Waals surface area contributed by atoms with Crippen molar-refractivity contribution in [2.24, 2.45) is 0 Å². The maximum Gasteiger partial charge on any atom is 0.168 e. The van der Waals surface area contributed by atoms with Crippen LogP contribution in [-0.4, -0.2) is 52.7 Å². The van der Waals surface area contributed by atoms with Gasteiger partial charge in [-0.2, -0.15) is 5.10 Å². The summed E-state index contributed by atoms with van der Waals surface area (Å²) in [5.41, 5.74) is 3.89. The van der Waals surface area contributed by atoms with Crippen LogP contribution in [0.3, 0.4) is 0 Å². The average molecular weight is 357 g/mol. The molecule has 0 amide bonds. The Kier molecular flexibility index (Phi) is 4.48. The highest BCUT2D eigenvalue weighted by molar-refractivity contribution is 6.34. The van der Waals surface area contributed by atoms with Crippen LogP contribution in [0, 0.1) is 0 Å². The molecule has 0 aliphatic carbocycles. The van der Waals surface area contributed by atoms with E-state index >= 15 is 0 Å². The number of ether oxygens (including phenoxy) is 1. The highest BCUT2D eigenvalue weighted by Gasteiger charge is 2.13. The van der Waals surface area contributed by atoms with Gasteiger partial charge in [-0.25, -0.2) is 0 Å². The molecule has 4 rings (SSSR count). The van der Waals surface area contributed by atoms with E-state index < -0.39 is 0 Å². The Balaban J connectivity index is 1.61. The predicted molar refractivity (Wildman–Crippen MR) is 95.8 cm³/mol. The number of fused-ring (bicyclic) bond motifs is 1. The molecule has 3 heterocycles. The van der Waals surface area contributed by atoms with Crippen molar-refractivity contribution in [1.29, 1.82) is 0 Å². The first-order valence-corrected chi connectivity index (χ1v) is 8.50. The minimum absolute atomic E-state index is 0.449. The number of aromatic amines is 1. The molecule has 3 aromatic rings. The third kappa shape index (κ3) is 3.28. The molecule has 25 heavy (non-hydrogen) atoms. The molecule has 128 valence electrons. The molecule has 6 nitrogen and oxygen atoms in total. The van der Waals surface area contributed by atoms with Crippen LogP contribution >= 0.6 is 11.6 Å². The van der Waals surface area contributed by atoms with Gasteiger partial charge in [0, 0.05) is 42.3 Å². The number of morpholine rings is 1. The number of nitrogens with zero attached hydrogens (tertiary/aromatic N) is 3. The number of nitrogens with one attached hydrogen (secondary N) is 1. The normalized spacial score (nSPS) is 15.6. The van der Waals surface area contributed by atoms with Gasteiger partial charge < -0.3 is 4.74 Å². The van der Waals surface area contributed by atoms with Crippen molar-refractivity contribution in [3.63, 3.8) is 0 Å². The molecule has 0 bridgehead atoms. The standard InChI is InChI=1S/C18H17ClN4O2/c19-16-8-17-15(18(11-24)22-21-17)7-14(16)12-1-2-13(20-9-12)10-23-3-5-25-6-4-23/h1-2,7-9,11H,3-6,10H2,(H,21,22). The molecular formula is C18H17ClN4O2. The number of rotatable bonds is 4. The highest BCUT2D eigenvalue weighted by atomic mass is 35.5. The lowest BCUT2D eigenvalue weighted by molar-refractivity contribution is 0.0336. The van der Waals surface area contributed by atoms with Crippen molar-refractivity contribution >= 4 is 28.8 Å². The van der Waals surface area contributed by atoms with E-state index in [1.807, 2.05) is 24.4 Å². The van der Waals surface area contributed by atoms with Gasteiger partial charge in [0.25, 0.3) is 0 Å². The highest BCUT2D eigenvalue weighted by Crippen LogP contribution is 2.32. The van der Waals surface area contributed by atoms with Crippen molar-refractivity contribution < 1.29 is 9.53 Å². The number of carbonyl (C=O) groups excluding carboxylic acids is 1. The second-order valence-corrected chi connectivity index (χ2v) is 6.44. The largest absolute Gasteiger partial charge is 0.379 e. The summed E-state index contributed by atoms with van der Waals surface area (Å²) in [6.07, 6.45) is 2.58. The Hall–Kier alpha value is -2.28. The van der Waals surface area contributed by atoms with Gasteiger partial charge in [-0.15, -0.1) is 0 Å². The third-order valence-electron chi connectivity index (χ3n) is 4.42. The fourth-order valence-corrected chi connectivity index (χ4v) is 3.30. The van der Waals surface area contributed by atoms with E-state index in [0.717, 1.165) is 61.3 Å². The van der Waals surface area contributed by atoms with E-state index in [0.29, 0.717) is 16.2 Å². The number of aromatic nitrogens is 3. The quantitative estimate of drug-likeness (QED) is 0.728. The monoisotopic (exact) mass is 356 g/mol. The minimum Gasteiger partial charge on any atom is -0.379 e. The molecule has 0 atom stereocenters. The molecule has 1 aliphatic heterocycles. The molecule has 1 aromatic carbocycles. The zero-order chi connectivity index (χ0) is 17.2. The van der Waals surface area contributed by atoms with Gasteiger partial charge in [0.2, 0.25) is 0 Å². The topological polar surface area (TPSA) is 71.1 Å². The van der Waals surface area contributed by atoms with Crippen LogP contribution in [0.5, 0.6) is 0 Å². The van der Waals surface area contributed by atoms with Gasteiger partial charge in [-0.05, 0) is 18.2 Å². The number of benzene rings is 1. The van der Waals surface area contributed by atoms with E-state index in [2.05, 4.69) is 20.1 Å². The molecule has 0 spiro atoms. The van der Waals surface area contributed by atoms with Crippen LogP contribution in [0.1, 0.15) is 16.2 Å². The van der Waals surface area contributed by atoms with Crippen LogP contribution in [0.2, 0.25) is 5.02 Å². The maximum atomic E-state index is 11.1. The molecular weight excluding hydrogens is 340 g/mol. The van der Waals surface area contributed by atoms with E-state index in [1.165, 1.54) is 0 Å². The summed E-state index contributed by atoms with van der Waals surface area (Å²) in [5, 5.41) is 8.15. The van der Waals surface area contributed by atoms with Crippen LogP contribution in [0.25, 0.3) is 22.0 Å². The van der Waals surface area contributed by atoms with Crippen molar-refractivity contribution in [3.8, 4) is 11.1 Å². The first kappa shape index (κ1) is 16.2. The number of H-pyrrole nitrogens is 1. The molecule has 1 N–H and O–H groups in total. The van der Waals surface area contributed by atoms with Crippen molar-refractivity contribution in [3.05, 3.63) is 46.9 Å². The smallest absolute Gasteiger partial charge is 0.168 e. The first-order chi connectivity index (χ1) is 12.2. The van der Waals surface area contributed by atoms with Gasteiger partial charge in [-0.1, -0.05) is 17.7 Å². The minimum atomic E-state index is 0.449. The van der Waals surface area contributed by atoms with Gasteiger partial charge >= 0.3 is 0 Å². The zero-order valence-corrected chi connectivity index (χ0v) is 14.3. The second kappa shape index (κ2) is 6.92. The summed E-state index contributed by atoms with van der Waals surface area (Å²) in [7, 11) is 0. The van der Waals surface area contributed by atoms with Crippen molar-refractivity contribution in [2.75, 3.05) is 26.3 Å². The molecule has 7 heteroatoms. The average Bonchev–Trinajstić information content (AvgIpc) is 3.04. The molecule has 0 saturated carbocycles. The SMILES string of the molecule is O=Cc1[nH]nc2cc(Cl)c(-c3ccc(CN4CCOCC4)nc3)cc12. The first-order valence-electron chi connectivity index (χ1n) is 8.13. The van der Waals surface area contributed by atoms with Crippen LogP contribution in [-0.2, 0) is 11.3 Å². The van der Waals surface area contributed by atoms with E-state index in [1.54, 1.807) is 6.07 Å². The lowest BCUT2D eigenvalue weighted by atomic mass is 10.0. The van der Waals surface area contributed by atoms with Crippen molar-refractivity contribution in [1.82, 2.24) is 20.1 Å². The summed E-state index contributed by atoms with van der Waals surface area (Å²) < 4.78 is 5.37. The number of carbonyl (C=O) groups is 1. The maximum absolute atomic E-state index is 11.1. The predicted octanol–water partition coefficient (Wildman–Crippen LogP) is 2.92. The number of hydrogen-bond acceptors (Lipinski definition) is 5. The third-order valence-corrected chi connectivity index (χ3v) is 4.73. The number of aldehydes is 1. The van der Waals surface area contributed by atoms with Crippen molar-refractivity contribution in [2.45, 2.75) is 6.54 Å². The van der Waals surface area contributed by atoms with Gasteiger partial charge in [0.1, 0.15) is 5.69 Å². The van der Waals surface area contributed by atoms with Crippen LogP contribution in [0.4, 0.5) is 0 Å². The summed E-state index contributed by atoms with van der Waals surface area (Å²) in [6, 6.07) is 7.67. The van der Waals surface area contributed by atoms with Crippen LogP contribution in [0.15, 0.2) is 30.5 Å². The molecule has 1 fully saturated rings. The molecule has 1 saturated heterocycles. The van der Waals surface area contributed by atoms with E-state index in [-0.39, 0.29) is 0 Å². The van der Waals surface area contributed by atoms with E-state index in [4.69, 9.17) is 16.3 Å².